The minimum atomic E-state index is 0.0589. The molecule has 0 saturated carbocycles. The quantitative estimate of drug-likeness (QED) is 0.814. The Bertz CT molecular complexity index is 862. The summed E-state index contributed by atoms with van der Waals surface area (Å²) in [5.74, 6) is 0.983. The van der Waals surface area contributed by atoms with Crippen LogP contribution in [0.5, 0.6) is 5.75 Å². The predicted octanol–water partition coefficient (Wildman–Crippen LogP) is 3.66. The van der Waals surface area contributed by atoms with Crippen molar-refractivity contribution in [1.29, 1.82) is 0 Å². The maximum atomic E-state index is 13.1. The van der Waals surface area contributed by atoms with E-state index in [1.165, 1.54) is 5.69 Å². The van der Waals surface area contributed by atoms with Crippen LogP contribution in [0.4, 0.5) is 0 Å². The first-order valence-electron chi connectivity index (χ1n) is 10.3. The molecule has 1 aromatic heterocycles. The third-order valence-electron chi connectivity index (χ3n) is 6.38. The average molecular weight is 382 g/mol. The molecule has 5 heteroatoms. The van der Waals surface area contributed by atoms with Gasteiger partial charge in [-0.25, -0.2) is 0 Å². The lowest BCUT2D eigenvalue weighted by atomic mass is 9.81. The van der Waals surface area contributed by atoms with E-state index in [0.29, 0.717) is 0 Å². The standard InChI is InChI=1S/C23H31N3O2/c1-17(2)28-20-8-7-19(16-18(20)3)22(27)26-12-9-23(10-13-26)21-6-5-11-25(21)15-14-24(23)4/h5-8,11,16-17H,9-10,12-15H2,1-4H3. The van der Waals surface area contributed by atoms with E-state index >= 15 is 0 Å². The van der Waals surface area contributed by atoms with Gasteiger partial charge in [-0.3, -0.25) is 9.69 Å². The van der Waals surface area contributed by atoms with Gasteiger partial charge in [-0.05, 0) is 76.6 Å². The summed E-state index contributed by atoms with van der Waals surface area (Å²) >= 11 is 0. The molecule has 1 aromatic carbocycles. The summed E-state index contributed by atoms with van der Waals surface area (Å²) in [6.07, 6.45) is 4.27. The number of aromatic nitrogens is 1. The Balaban J connectivity index is 1.49. The molecule has 5 nitrogen and oxygen atoms in total. The number of likely N-dealkylation sites (N-methyl/N-ethyl adjacent to an activating group) is 1. The van der Waals surface area contributed by atoms with Crippen molar-refractivity contribution < 1.29 is 9.53 Å². The summed E-state index contributed by atoms with van der Waals surface area (Å²) in [5, 5.41) is 0. The number of benzene rings is 1. The zero-order valence-corrected chi connectivity index (χ0v) is 17.4. The second-order valence-electron chi connectivity index (χ2n) is 8.48. The number of fused-ring (bicyclic) bond motifs is 2. The highest BCUT2D eigenvalue weighted by molar-refractivity contribution is 5.94. The van der Waals surface area contributed by atoms with Crippen LogP contribution < -0.4 is 4.74 Å². The fraction of sp³-hybridized carbons (Fsp3) is 0.522. The summed E-state index contributed by atoms with van der Waals surface area (Å²) in [6, 6.07) is 10.2. The van der Waals surface area contributed by atoms with E-state index in [0.717, 1.165) is 55.9 Å². The van der Waals surface area contributed by atoms with Crippen LogP contribution in [0.15, 0.2) is 36.5 Å². The molecule has 0 aliphatic carbocycles. The summed E-state index contributed by atoms with van der Waals surface area (Å²) in [7, 11) is 2.23. The van der Waals surface area contributed by atoms with Gasteiger partial charge in [-0.1, -0.05) is 0 Å². The minimum Gasteiger partial charge on any atom is -0.491 e. The molecule has 4 rings (SSSR count). The Morgan fingerprint density at radius 1 is 1.11 bits per heavy atom. The monoisotopic (exact) mass is 381 g/mol. The molecule has 1 spiro atoms. The van der Waals surface area contributed by atoms with E-state index in [-0.39, 0.29) is 17.6 Å². The van der Waals surface area contributed by atoms with Crippen molar-refractivity contribution in [1.82, 2.24) is 14.4 Å². The molecule has 2 aromatic rings. The van der Waals surface area contributed by atoms with E-state index in [1.54, 1.807) is 0 Å². The number of carbonyl (C=O) groups is 1. The van der Waals surface area contributed by atoms with Crippen molar-refractivity contribution in [2.24, 2.45) is 0 Å². The Kier molecular flexibility index (Phi) is 4.96. The van der Waals surface area contributed by atoms with Gasteiger partial charge in [0.2, 0.25) is 0 Å². The largest absolute Gasteiger partial charge is 0.491 e. The molecule has 2 aliphatic rings. The topological polar surface area (TPSA) is 37.7 Å². The normalized spacial score (nSPS) is 19.1. The first-order valence-corrected chi connectivity index (χ1v) is 10.3. The fourth-order valence-corrected chi connectivity index (χ4v) is 4.77. The molecular formula is C23H31N3O2. The van der Waals surface area contributed by atoms with E-state index in [2.05, 4.69) is 34.8 Å². The second-order valence-corrected chi connectivity index (χ2v) is 8.48. The van der Waals surface area contributed by atoms with Gasteiger partial charge in [0.05, 0.1) is 11.6 Å². The van der Waals surface area contributed by atoms with Crippen LogP contribution in [-0.2, 0) is 12.1 Å². The van der Waals surface area contributed by atoms with Crippen LogP contribution in [0, 0.1) is 6.92 Å². The molecule has 1 amide bonds. The lowest BCUT2D eigenvalue weighted by Crippen LogP contribution is -2.56. The summed E-state index contributed by atoms with van der Waals surface area (Å²) in [5.41, 5.74) is 3.23. The van der Waals surface area contributed by atoms with Crippen molar-refractivity contribution in [3.8, 4) is 5.75 Å². The summed E-state index contributed by atoms with van der Waals surface area (Å²) < 4.78 is 8.19. The number of hydrogen-bond acceptors (Lipinski definition) is 3. The Morgan fingerprint density at radius 2 is 1.86 bits per heavy atom. The van der Waals surface area contributed by atoms with E-state index < -0.39 is 0 Å². The molecule has 1 fully saturated rings. The van der Waals surface area contributed by atoms with Gasteiger partial charge in [0.25, 0.3) is 5.91 Å². The number of rotatable bonds is 3. The van der Waals surface area contributed by atoms with Gasteiger partial charge >= 0.3 is 0 Å². The number of hydrogen-bond donors (Lipinski definition) is 0. The zero-order chi connectivity index (χ0) is 19.9. The third kappa shape index (κ3) is 3.22. The number of carbonyl (C=O) groups excluding carboxylic acids is 1. The molecule has 0 atom stereocenters. The van der Waals surface area contributed by atoms with Crippen molar-refractivity contribution in [2.75, 3.05) is 26.7 Å². The second kappa shape index (κ2) is 7.28. The number of likely N-dealkylation sites (tertiary alicyclic amines) is 1. The first kappa shape index (κ1) is 19.1. The van der Waals surface area contributed by atoms with E-state index in [4.69, 9.17) is 4.74 Å². The number of piperidine rings is 1. The predicted molar refractivity (Wildman–Crippen MR) is 111 cm³/mol. The van der Waals surface area contributed by atoms with Crippen LogP contribution in [0.25, 0.3) is 0 Å². The van der Waals surface area contributed by atoms with E-state index in [1.807, 2.05) is 43.9 Å². The highest BCUT2D eigenvalue weighted by Crippen LogP contribution is 2.40. The van der Waals surface area contributed by atoms with Crippen molar-refractivity contribution in [3.63, 3.8) is 0 Å². The molecule has 150 valence electrons. The van der Waals surface area contributed by atoms with Gasteiger partial charge in [0.1, 0.15) is 5.75 Å². The average Bonchev–Trinajstić information content (AvgIpc) is 3.16. The Labute approximate surface area is 167 Å². The van der Waals surface area contributed by atoms with Crippen LogP contribution in [0.1, 0.15) is 48.3 Å². The molecule has 3 heterocycles. The smallest absolute Gasteiger partial charge is 0.253 e. The van der Waals surface area contributed by atoms with Gasteiger partial charge in [0.15, 0.2) is 0 Å². The first-order chi connectivity index (χ1) is 13.4. The lowest BCUT2D eigenvalue weighted by Gasteiger charge is -2.50. The van der Waals surface area contributed by atoms with Crippen molar-refractivity contribution in [3.05, 3.63) is 53.3 Å². The number of aryl methyl sites for hydroxylation is 1. The number of nitrogens with zero attached hydrogens (tertiary/aromatic N) is 3. The van der Waals surface area contributed by atoms with Gasteiger partial charge in [0, 0.05) is 43.6 Å². The Morgan fingerprint density at radius 3 is 2.54 bits per heavy atom. The molecule has 1 saturated heterocycles. The molecular weight excluding hydrogens is 350 g/mol. The molecule has 0 unspecified atom stereocenters. The van der Waals surface area contributed by atoms with Gasteiger partial charge < -0.3 is 14.2 Å². The number of amides is 1. The molecule has 28 heavy (non-hydrogen) atoms. The van der Waals surface area contributed by atoms with Gasteiger partial charge in [-0.15, -0.1) is 0 Å². The summed E-state index contributed by atoms with van der Waals surface area (Å²) in [4.78, 5) is 17.6. The maximum Gasteiger partial charge on any atom is 0.253 e. The van der Waals surface area contributed by atoms with E-state index in [9.17, 15) is 4.79 Å². The molecule has 0 bridgehead atoms. The van der Waals surface area contributed by atoms with Crippen LogP contribution in [-0.4, -0.2) is 53.1 Å². The zero-order valence-electron chi connectivity index (χ0n) is 17.4. The number of ether oxygens (including phenoxy) is 1. The lowest BCUT2D eigenvalue weighted by molar-refractivity contribution is 0.0131. The summed E-state index contributed by atoms with van der Waals surface area (Å²) in [6.45, 7) is 9.72. The third-order valence-corrected chi connectivity index (χ3v) is 6.38. The van der Waals surface area contributed by atoms with Crippen molar-refractivity contribution in [2.45, 2.75) is 51.8 Å². The fourth-order valence-electron chi connectivity index (χ4n) is 4.77. The van der Waals surface area contributed by atoms with Crippen molar-refractivity contribution >= 4 is 5.91 Å². The van der Waals surface area contributed by atoms with Crippen LogP contribution >= 0.6 is 0 Å². The van der Waals surface area contributed by atoms with Crippen LogP contribution in [0.2, 0.25) is 0 Å². The van der Waals surface area contributed by atoms with Crippen LogP contribution in [0.3, 0.4) is 0 Å². The highest BCUT2D eigenvalue weighted by Gasteiger charge is 2.44. The molecule has 0 N–H and O–H groups in total. The molecule has 2 aliphatic heterocycles. The SMILES string of the molecule is Cc1cc(C(=O)N2CCC3(CC2)c2cccn2CCN3C)ccc1OC(C)C. The highest BCUT2D eigenvalue weighted by atomic mass is 16.5. The maximum absolute atomic E-state index is 13.1. The van der Waals surface area contributed by atoms with Gasteiger partial charge in [-0.2, -0.15) is 0 Å². The Hall–Kier alpha value is -2.27. The minimum absolute atomic E-state index is 0.0589. The molecule has 0 radical (unpaired) electrons.